The van der Waals surface area contributed by atoms with E-state index in [1.54, 1.807) is 0 Å². The highest BCUT2D eigenvalue weighted by Crippen LogP contribution is 2.20. The van der Waals surface area contributed by atoms with Gasteiger partial charge in [0.15, 0.2) is 5.96 Å². The van der Waals surface area contributed by atoms with E-state index in [1.807, 2.05) is 25.2 Å². The van der Waals surface area contributed by atoms with Crippen molar-refractivity contribution >= 4 is 17.0 Å². The first-order valence-corrected chi connectivity index (χ1v) is 8.55. The number of nitrogens with zero attached hydrogens (tertiary/aromatic N) is 3. The van der Waals surface area contributed by atoms with Gasteiger partial charge >= 0.3 is 0 Å². The summed E-state index contributed by atoms with van der Waals surface area (Å²) in [4.78, 5) is 14.8. The van der Waals surface area contributed by atoms with Crippen LogP contribution in [0.15, 0.2) is 29.3 Å². The van der Waals surface area contributed by atoms with Crippen LogP contribution in [0.5, 0.6) is 0 Å². The van der Waals surface area contributed by atoms with Gasteiger partial charge in [-0.2, -0.15) is 0 Å². The van der Waals surface area contributed by atoms with Gasteiger partial charge in [-0.05, 0) is 30.4 Å². The van der Waals surface area contributed by atoms with Crippen LogP contribution in [0, 0.1) is 11.8 Å². The standard InChI is InChI=1S/C18H27N5/c1-13-10-14(2)12-23(11-13)18(19-3)20-9-8-17-21-15-6-4-5-7-16(15)22-17/h4-7,13-14H,8-12H2,1-3H3,(H,19,20)(H,21,22). The Balaban J connectivity index is 1.56. The molecule has 0 spiro atoms. The summed E-state index contributed by atoms with van der Waals surface area (Å²) < 4.78 is 0. The van der Waals surface area contributed by atoms with Crippen molar-refractivity contribution in [3.05, 3.63) is 30.1 Å². The third-order valence-electron chi connectivity index (χ3n) is 4.46. The minimum absolute atomic E-state index is 0.729. The highest BCUT2D eigenvalue weighted by molar-refractivity contribution is 5.80. The van der Waals surface area contributed by atoms with Gasteiger partial charge in [0.1, 0.15) is 5.82 Å². The second kappa shape index (κ2) is 7.02. The Kier molecular flexibility index (Phi) is 4.84. The van der Waals surface area contributed by atoms with Gasteiger partial charge in [-0.15, -0.1) is 0 Å². The first-order valence-electron chi connectivity index (χ1n) is 8.55. The van der Waals surface area contributed by atoms with Crippen molar-refractivity contribution in [2.75, 3.05) is 26.7 Å². The molecule has 2 atom stereocenters. The molecule has 1 aromatic heterocycles. The summed E-state index contributed by atoms with van der Waals surface area (Å²) in [5.74, 6) is 3.49. The molecule has 0 bridgehead atoms. The lowest BCUT2D eigenvalue weighted by Crippen LogP contribution is -2.48. The number of rotatable bonds is 3. The van der Waals surface area contributed by atoms with Crippen LogP contribution >= 0.6 is 0 Å². The molecule has 0 saturated carbocycles. The highest BCUT2D eigenvalue weighted by Gasteiger charge is 2.23. The number of likely N-dealkylation sites (tertiary alicyclic amines) is 1. The van der Waals surface area contributed by atoms with Crippen LogP contribution in [0.1, 0.15) is 26.1 Å². The van der Waals surface area contributed by atoms with Crippen molar-refractivity contribution in [3.63, 3.8) is 0 Å². The molecule has 0 amide bonds. The quantitative estimate of drug-likeness (QED) is 0.676. The van der Waals surface area contributed by atoms with Gasteiger partial charge < -0.3 is 15.2 Å². The fourth-order valence-corrected chi connectivity index (χ4v) is 3.58. The molecule has 1 aromatic carbocycles. The Morgan fingerprint density at radius 1 is 1.30 bits per heavy atom. The Morgan fingerprint density at radius 3 is 2.74 bits per heavy atom. The number of para-hydroxylation sites is 2. The molecule has 124 valence electrons. The molecule has 2 aromatic rings. The monoisotopic (exact) mass is 313 g/mol. The molecular formula is C18H27N5. The summed E-state index contributed by atoms with van der Waals surface area (Å²) in [5.41, 5.74) is 2.14. The Morgan fingerprint density at radius 2 is 2.04 bits per heavy atom. The third-order valence-corrected chi connectivity index (χ3v) is 4.46. The normalized spacial score (nSPS) is 22.6. The minimum atomic E-state index is 0.729. The van der Waals surface area contributed by atoms with E-state index in [9.17, 15) is 0 Å². The van der Waals surface area contributed by atoms with Crippen molar-refractivity contribution in [1.82, 2.24) is 20.2 Å². The van der Waals surface area contributed by atoms with Crippen LogP contribution in [0.3, 0.4) is 0 Å². The molecule has 23 heavy (non-hydrogen) atoms. The van der Waals surface area contributed by atoms with Crippen LogP contribution < -0.4 is 5.32 Å². The van der Waals surface area contributed by atoms with E-state index in [4.69, 9.17) is 0 Å². The van der Waals surface area contributed by atoms with E-state index < -0.39 is 0 Å². The zero-order valence-corrected chi connectivity index (χ0v) is 14.3. The number of aromatic amines is 1. The van der Waals surface area contributed by atoms with Gasteiger partial charge in [0, 0.05) is 33.1 Å². The molecule has 1 saturated heterocycles. The number of imidazole rings is 1. The Hall–Kier alpha value is -2.04. The first-order chi connectivity index (χ1) is 11.2. The summed E-state index contributed by atoms with van der Waals surface area (Å²) in [7, 11) is 1.87. The van der Waals surface area contributed by atoms with E-state index in [1.165, 1.54) is 6.42 Å². The predicted molar refractivity (Wildman–Crippen MR) is 95.7 cm³/mol. The van der Waals surface area contributed by atoms with Crippen LogP contribution in [-0.4, -0.2) is 47.5 Å². The molecule has 0 aliphatic carbocycles. The molecular weight excluding hydrogens is 286 g/mol. The maximum atomic E-state index is 4.62. The van der Waals surface area contributed by atoms with Gasteiger partial charge in [-0.1, -0.05) is 26.0 Å². The van der Waals surface area contributed by atoms with Gasteiger partial charge in [0.2, 0.25) is 0 Å². The summed E-state index contributed by atoms with van der Waals surface area (Å²) >= 11 is 0. The Labute approximate surface area is 138 Å². The number of fused-ring (bicyclic) bond motifs is 1. The number of piperidine rings is 1. The van der Waals surface area contributed by atoms with E-state index in [0.29, 0.717) is 0 Å². The number of H-pyrrole nitrogens is 1. The average molecular weight is 313 g/mol. The topological polar surface area (TPSA) is 56.3 Å². The number of aromatic nitrogens is 2. The molecule has 1 fully saturated rings. The lowest BCUT2D eigenvalue weighted by atomic mass is 9.92. The summed E-state index contributed by atoms with van der Waals surface area (Å²) in [6.45, 7) is 7.67. The third kappa shape index (κ3) is 3.84. The number of nitrogens with one attached hydrogen (secondary N) is 2. The number of benzene rings is 1. The second-order valence-corrected chi connectivity index (χ2v) is 6.78. The minimum Gasteiger partial charge on any atom is -0.356 e. The number of hydrogen-bond donors (Lipinski definition) is 2. The van der Waals surface area contributed by atoms with E-state index >= 15 is 0 Å². The van der Waals surface area contributed by atoms with E-state index in [0.717, 1.165) is 60.7 Å². The molecule has 5 heteroatoms. The first kappa shape index (κ1) is 15.8. The lowest BCUT2D eigenvalue weighted by molar-refractivity contribution is 0.208. The summed E-state index contributed by atoms with van der Waals surface area (Å²) in [5, 5.41) is 3.49. The largest absolute Gasteiger partial charge is 0.356 e. The second-order valence-electron chi connectivity index (χ2n) is 6.78. The number of hydrogen-bond acceptors (Lipinski definition) is 2. The van der Waals surface area contributed by atoms with Crippen LogP contribution in [0.4, 0.5) is 0 Å². The molecule has 2 heterocycles. The van der Waals surface area contributed by atoms with Crippen LogP contribution in [0.2, 0.25) is 0 Å². The smallest absolute Gasteiger partial charge is 0.193 e. The fraction of sp³-hybridized carbons (Fsp3) is 0.556. The lowest BCUT2D eigenvalue weighted by Gasteiger charge is -2.37. The van der Waals surface area contributed by atoms with Crippen molar-refractivity contribution in [1.29, 1.82) is 0 Å². The van der Waals surface area contributed by atoms with E-state index in [-0.39, 0.29) is 0 Å². The van der Waals surface area contributed by atoms with Crippen molar-refractivity contribution < 1.29 is 0 Å². The van der Waals surface area contributed by atoms with Gasteiger partial charge in [-0.3, -0.25) is 4.99 Å². The van der Waals surface area contributed by atoms with Crippen molar-refractivity contribution in [2.45, 2.75) is 26.7 Å². The van der Waals surface area contributed by atoms with Crippen molar-refractivity contribution in [2.24, 2.45) is 16.8 Å². The molecule has 0 radical (unpaired) electrons. The van der Waals surface area contributed by atoms with Gasteiger partial charge in [-0.25, -0.2) is 4.98 Å². The zero-order chi connectivity index (χ0) is 16.2. The molecule has 1 aliphatic heterocycles. The van der Waals surface area contributed by atoms with E-state index in [2.05, 4.69) is 45.1 Å². The average Bonchev–Trinajstić information content (AvgIpc) is 2.93. The molecule has 3 rings (SSSR count). The van der Waals surface area contributed by atoms with Gasteiger partial charge in [0.05, 0.1) is 11.0 Å². The number of aliphatic imine (C=N–C) groups is 1. The van der Waals surface area contributed by atoms with Crippen molar-refractivity contribution in [3.8, 4) is 0 Å². The zero-order valence-electron chi connectivity index (χ0n) is 14.3. The number of guanidine groups is 1. The SMILES string of the molecule is CN=C(NCCc1nc2ccccc2[nH]1)N1CC(C)CC(C)C1. The van der Waals surface area contributed by atoms with Crippen LogP contribution in [0.25, 0.3) is 11.0 Å². The summed E-state index contributed by atoms with van der Waals surface area (Å²) in [6.07, 6.45) is 2.18. The maximum absolute atomic E-state index is 4.62. The van der Waals surface area contributed by atoms with Crippen LogP contribution in [-0.2, 0) is 6.42 Å². The molecule has 2 unspecified atom stereocenters. The molecule has 5 nitrogen and oxygen atoms in total. The van der Waals surface area contributed by atoms with Gasteiger partial charge in [0.25, 0.3) is 0 Å². The molecule has 1 aliphatic rings. The Bertz CT molecular complexity index is 632. The maximum Gasteiger partial charge on any atom is 0.193 e. The predicted octanol–water partition coefficient (Wildman–Crippen LogP) is 2.66. The molecule has 2 N–H and O–H groups in total. The fourth-order valence-electron chi connectivity index (χ4n) is 3.58. The highest BCUT2D eigenvalue weighted by atomic mass is 15.3. The summed E-state index contributed by atoms with van der Waals surface area (Å²) in [6, 6.07) is 8.15.